The van der Waals surface area contributed by atoms with Gasteiger partial charge in [-0.05, 0) is 36.4 Å². The summed E-state index contributed by atoms with van der Waals surface area (Å²) in [5.74, 6) is 0.0218. The van der Waals surface area contributed by atoms with Crippen LogP contribution in [0.15, 0.2) is 66.7 Å². The summed E-state index contributed by atoms with van der Waals surface area (Å²) in [5, 5.41) is 5.08. The molecule has 0 atom stereocenters. The molecule has 0 saturated carbocycles. The second kappa shape index (κ2) is 12.7. The molecule has 0 aliphatic rings. The van der Waals surface area contributed by atoms with E-state index < -0.39 is 30.9 Å². The van der Waals surface area contributed by atoms with Crippen molar-refractivity contribution in [3.05, 3.63) is 72.3 Å². The normalized spacial score (nSPS) is 10.1. The molecule has 2 N–H and O–H groups in total. The molecule has 0 aromatic heterocycles. The van der Waals surface area contributed by atoms with Gasteiger partial charge in [0.25, 0.3) is 11.8 Å². The van der Waals surface area contributed by atoms with Gasteiger partial charge in [-0.25, -0.2) is 0 Å². The van der Waals surface area contributed by atoms with E-state index in [-0.39, 0.29) is 17.1 Å². The predicted octanol–water partition coefficient (Wildman–Crippen LogP) is 3.42. The average molecular weight is 495 g/mol. The predicted molar refractivity (Wildman–Crippen MR) is 131 cm³/mol. The first-order chi connectivity index (χ1) is 17.4. The van der Waals surface area contributed by atoms with Gasteiger partial charge >= 0.3 is 5.97 Å². The van der Waals surface area contributed by atoms with Crippen LogP contribution in [0.5, 0.6) is 28.7 Å². The maximum Gasteiger partial charge on any atom is 0.325 e. The van der Waals surface area contributed by atoms with Gasteiger partial charge in [-0.3, -0.25) is 14.4 Å². The number of ether oxygens (including phenoxy) is 5. The zero-order chi connectivity index (χ0) is 25.9. The Labute approximate surface area is 208 Å². The minimum absolute atomic E-state index is 0.185. The lowest BCUT2D eigenvalue weighted by atomic mass is 10.1. The number of anilines is 1. The lowest BCUT2D eigenvalue weighted by Gasteiger charge is -2.14. The fourth-order valence-corrected chi connectivity index (χ4v) is 3.12. The topological polar surface area (TPSA) is 121 Å². The first-order valence-electron chi connectivity index (χ1n) is 10.8. The molecule has 3 rings (SSSR count). The molecule has 0 spiro atoms. The number of hydrogen-bond donors (Lipinski definition) is 2. The van der Waals surface area contributed by atoms with Crippen LogP contribution in [0.4, 0.5) is 5.69 Å². The zero-order valence-electron chi connectivity index (χ0n) is 20.0. The molecule has 2 amide bonds. The van der Waals surface area contributed by atoms with Crippen LogP contribution >= 0.6 is 0 Å². The van der Waals surface area contributed by atoms with Crippen LogP contribution < -0.4 is 29.6 Å². The van der Waals surface area contributed by atoms with E-state index in [2.05, 4.69) is 10.6 Å². The van der Waals surface area contributed by atoms with Crippen molar-refractivity contribution in [2.75, 3.05) is 39.8 Å². The summed E-state index contributed by atoms with van der Waals surface area (Å²) in [4.78, 5) is 36.9. The molecule has 0 bridgehead atoms. The molecule has 36 heavy (non-hydrogen) atoms. The third-order valence-corrected chi connectivity index (χ3v) is 4.82. The molecule has 0 saturated heterocycles. The van der Waals surface area contributed by atoms with E-state index in [0.717, 1.165) is 0 Å². The molecular formula is C26H26N2O8. The molecule has 188 valence electrons. The van der Waals surface area contributed by atoms with Crippen molar-refractivity contribution in [3.8, 4) is 28.7 Å². The Morgan fingerprint density at radius 3 is 2.06 bits per heavy atom. The fraction of sp³-hybridized carbons (Fsp3) is 0.192. The average Bonchev–Trinajstić information content (AvgIpc) is 2.91. The van der Waals surface area contributed by atoms with Crippen molar-refractivity contribution in [1.82, 2.24) is 5.32 Å². The summed E-state index contributed by atoms with van der Waals surface area (Å²) in [6.07, 6.45) is 0. The molecule has 0 unspecified atom stereocenters. The Bertz CT molecular complexity index is 1190. The van der Waals surface area contributed by atoms with Gasteiger partial charge in [-0.1, -0.05) is 30.3 Å². The summed E-state index contributed by atoms with van der Waals surface area (Å²) >= 11 is 0. The number of carbonyl (C=O) groups excluding carboxylic acids is 3. The largest absolute Gasteiger partial charge is 0.493 e. The molecule has 10 nitrogen and oxygen atoms in total. The van der Waals surface area contributed by atoms with Gasteiger partial charge in [0.1, 0.15) is 12.3 Å². The van der Waals surface area contributed by atoms with E-state index in [4.69, 9.17) is 23.7 Å². The fourth-order valence-electron chi connectivity index (χ4n) is 3.12. The van der Waals surface area contributed by atoms with Crippen molar-refractivity contribution in [1.29, 1.82) is 0 Å². The van der Waals surface area contributed by atoms with Crippen molar-refractivity contribution >= 4 is 23.5 Å². The Kier molecular flexibility index (Phi) is 9.10. The summed E-state index contributed by atoms with van der Waals surface area (Å²) in [6.45, 7) is -0.991. The lowest BCUT2D eigenvalue weighted by molar-refractivity contribution is -0.146. The molecule has 3 aromatic carbocycles. The maximum absolute atomic E-state index is 12.5. The molecule has 0 heterocycles. The smallest absolute Gasteiger partial charge is 0.325 e. The Hall–Kier alpha value is -4.73. The number of methoxy groups -OCH3 is 3. The van der Waals surface area contributed by atoms with Gasteiger partial charge < -0.3 is 34.3 Å². The van der Waals surface area contributed by atoms with E-state index in [1.165, 1.54) is 33.5 Å². The summed E-state index contributed by atoms with van der Waals surface area (Å²) in [6, 6.07) is 18.9. The second-order valence-electron chi connectivity index (χ2n) is 7.22. The highest BCUT2D eigenvalue weighted by Gasteiger charge is 2.18. The van der Waals surface area contributed by atoms with Gasteiger partial charge in [0.2, 0.25) is 5.75 Å². The van der Waals surface area contributed by atoms with E-state index in [1.807, 2.05) is 18.2 Å². The van der Waals surface area contributed by atoms with Crippen molar-refractivity contribution < 1.29 is 38.1 Å². The number of amides is 2. The minimum atomic E-state index is -0.792. The molecule has 0 radical (unpaired) electrons. The van der Waals surface area contributed by atoms with Crippen molar-refractivity contribution in [2.24, 2.45) is 0 Å². The standard InChI is InChI=1S/C26H26N2O8/c1-32-21-13-17(14-22(33-2)25(21)34-3)26(31)27-15-24(30)35-16-23(29)28-19-11-7-8-12-20(19)36-18-9-5-4-6-10-18/h4-14H,15-16H2,1-3H3,(H,27,31)(H,28,29). The highest BCUT2D eigenvalue weighted by atomic mass is 16.5. The molecule has 10 heteroatoms. The van der Waals surface area contributed by atoms with E-state index in [9.17, 15) is 14.4 Å². The van der Waals surface area contributed by atoms with Crippen LogP contribution in [0, 0.1) is 0 Å². The summed E-state index contributed by atoms with van der Waals surface area (Å²) in [5.41, 5.74) is 0.600. The van der Waals surface area contributed by atoms with Crippen molar-refractivity contribution in [3.63, 3.8) is 0 Å². The maximum atomic E-state index is 12.5. The van der Waals surface area contributed by atoms with E-state index in [1.54, 1.807) is 36.4 Å². The van der Waals surface area contributed by atoms with Crippen LogP contribution in [-0.2, 0) is 14.3 Å². The van der Waals surface area contributed by atoms with Crippen LogP contribution in [-0.4, -0.2) is 52.3 Å². The number of carbonyl (C=O) groups is 3. The van der Waals surface area contributed by atoms with Gasteiger partial charge in [0, 0.05) is 5.56 Å². The minimum Gasteiger partial charge on any atom is -0.493 e. The van der Waals surface area contributed by atoms with Gasteiger partial charge in [0.15, 0.2) is 23.9 Å². The van der Waals surface area contributed by atoms with E-state index >= 15 is 0 Å². The van der Waals surface area contributed by atoms with Gasteiger partial charge in [-0.15, -0.1) is 0 Å². The van der Waals surface area contributed by atoms with E-state index in [0.29, 0.717) is 22.9 Å². The number of nitrogens with one attached hydrogen (secondary N) is 2. The zero-order valence-corrected chi connectivity index (χ0v) is 20.0. The highest BCUT2D eigenvalue weighted by molar-refractivity contribution is 5.98. The molecule has 0 aliphatic heterocycles. The summed E-state index contributed by atoms with van der Waals surface area (Å²) < 4.78 is 26.4. The third-order valence-electron chi connectivity index (χ3n) is 4.82. The molecule has 0 aliphatic carbocycles. The van der Waals surface area contributed by atoms with Crippen molar-refractivity contribution in [2.45, 2.75) is 0 Å². The SMILES string of the molecule is COc1cc(C(=O)NCC(=O)OCC(=O)Nc2ccccc2Oc2ccccc2)cc(OC)c1OC. The van der Waals surface area contributed by atoms with Crippen LogP contribution in [0.2, 0.25) is 0 Å². The Morgan fingerprint density at radius 2 is 1.42 bits per heavy atom. The van der Waals surface area contributed by atoms with Crippen LogP contribution in [0.25, 0.3) is 0 Å². The summed E-state index contributed by atoms with van der Waals surface area (Å²) in [7, 11) is 4.29. The molecule has 0 fully saturated rings. The monoisotopic (exact) mass is 494 g/mol. The van der Waals surface area contributed by atoms with Gasteiger partial charge in [-0.2, -0.15) is 0 Å². The second-order valence-corrected chi connectivity index (χ2v) is 7.22. The molecule has 3 aromatic rings. The number of para-hydroxylation sites is 3. The highest BCUT2D eigenvalue weighted by Crippen LogP contribution is 2.38. The lowest BCUT2D eigenvalue weighted by Crippen LogP contribution is -2.32. The Morgan fingerprint density at radius 1 is 0.778 bits per heavy atom. The number of benzene rings is 3. The number of rotatable bonds is 11. The van der Waals surface area contributed by atoms with Gasteiger partial charge in [0.05, 0.1) is 27.0 Å². The number of esters is 1. The first kappa shape index (κ1) is 25.9. The quantitative estimate of drug-likeness (QED) is 0.389. The van der Waals surface area contributed by atoms with Crippen LogP contribution in [0.3, 0.4) is 0 Å². The first-order valence-corrected chi connectivity index (χ1v) is 10.8. The number of hydrogen-bond acceptors (Lipinski definition) is 8. The Balaban J connectivity index is 1.51. The van der Waals surface area contributed by atoms with Crippen LogP contribution in [0.1, 0.15) is 10.4 Å². The molecular weight excluding hydrogens is 468 g/mol. The third kappa shape index (κ3) is 6.89.